The smallest absolute Gasteiger partial charge is 0.493 e. The van der Waals surface area contributed by atoms with Gasteiger partial charge in [-0.3, -0.25) is 4.98 Å². The van der Waals surface area contributed by atoms with E-state index in [1.165, 1.54) is 0 Å². The lowest BCUT2D eigenvalue weighted by atomic mass is 9.98. The van der Waals surface area contributed by atoms with Crippen molar-refractivity contribution in [3.05, 3.63) is 114 Å². The Morgan fingerprint density at radius 2 is 1.67 bits per heavy atom. The molecule has 6 rings (SSSR count). The molecule has 8 heteroatoms. The van der Waals surface area contributed by atoms with E-state index < -0.39 is 6.16 Å². The predicted octanol–water partition coefficient (Wildman–Crippen LogP) is 7.38. The van der Waals surface area contributed by atoms with Gasteiger partial charge in [0.2, 0.25) is 5.88 Å². The Bertz CT molecular complexity index is 1870. The summed E-state index contributed by atoms with van der Waals surface area (Å²) in [6.45, 7) is 4.75. The van der Waals surface area contributed by atoms with E-state index in [-0.39, 0.29) is 0 Å². The summed E-state index contributed by atoms with van der Waals surface area (Å²) in [6.07, 6.45) is 4.89. The quantitative estimate of drug-likeness (QED) is 0.146. The van der Waals surface area contributed by atoms with Crippen molar-refractivity contribution in [2.24, 2.45) is 0 Å². The highest BCUT2D eigenvalue weighted by Crippen LogP contribution is 2.40. The molecule has 210 valence electrons. The number of aromatic nitrogens is 4. The number of aryl methyl sites for hydroxylation is 3. The van der Waals surface area contributed by atoms with Gasteiger partial charge >= 0.3 is 6.16 Å². The zero-order chi connectivity index (χ0) is 29.1. The first kappa shape index (κ1) is 27.0. The third kappa shape index (κ3) is 5.26. The number of fused-ring (bicyclic) bond motifs is 2. The second-order valence-electron chi connectivity index (χ2n) is 10.1. The fourth-order valence-corrected chi connectivity index (χ4v) is 5.66. The molecule has 0 unspecified atom stereocenters. The summed E-state index contributed by atoms with van der Waals surface area (Å²) >= 11 is 0. The van der Waals surface area contributed by atoms with Crippen molar-refractivity contribution >= 4 is 27.8 Å². The Balaban J connectivity index is 1.43. The van der Waals surface area contributed by atoms with Crippen molar-refractivity contribution in [2.45, 2.75) is 33.2 Å². The van der Waals surface area contributed by atoms with Crippen LogP contribution in [-0.2, 0) is 13.0 Å². The van der Waals surface area contributed by atoms with Crippen molar-refractivity contribution in [2.75, 3.05) is 6.61 Å². The first-order valence-corrected chi connectivity index (χ1v) is 13.8. The third-order valence-electron chi connectivity index (χ3n) is 7.46. The van der Waals surface area contributed by atoms with E-state index >= 15 is 0 Å². The van der Waals surface area contributed by atoms with Gasteiger partial charge in [-0.2, -0.15) is 0 Å². The Hall–Kier alpha value is -5.24. The summed E-state index contributed by atoms with van der Waals surface area (Å²) < 4.78 is 13.7. The molecular weight excluding hydrogens is 528 g/mol. The Morgan fingerprint density at radius 3 is 2.45 bits per heavy atom. The topological polar surface area (TPSA) is 99.4 Å². The van der Waals surface area contributed by atoms with Gasteiger partial charge in [-0.15, -0.1) is 0 Å². The van der Waals surface area contributed by atoms with Gasteiger partial charge in [0.1, 0.15) is 12.1 Å². The van der Waals surface area contributed by atoms with Crippen molar-refractivity contribution in [3.8, 4) is 22.8 Å². The minimum Gasteiger partial charge on any atom is -0.493 e. The maximum Gasteiger partial charge on any atom is 0.512 e. The SMILES string of the molecule is Cc1ncnc(C)c1-c1cccc2c(CCCOc3cccc4ccccc34)c(OC(=O)O)n(Cc3cccnc3)c12. The molecule has 3 aromatic heterocycles. The molecule has 0 bridgehead atoms. The zero-order valence-electron chi connectivity index (χ0n) is 23.4. The minimum atomic E-state index is -1.37. The molecular formula is C34H30N4O4. The van der Waals surface area contributed by atoms with Crippen LogP contribution < -0.4 is 9.47 Å². The summed E-state index contributed by atoms with van der Waals surface area (Å²) in [5.41, 5.74) is 6.12. The van der Waals surface area contributed by atoms with Crippen LogP contribution in [0.3, 0.4) is 0 Å². The number of carbonyl (C=O) groups is 1. The summed E-state index contributed by atoms with van der Waals surface area (Å²) in [5, 5.41) is 12.9. The van der Waals surface area contributed by atoms with Gasteiger partial charge < -0.3 is 19.1 Å². The number of hydrogen-bond acceptors (Lipinski definition) is 6. The summed E-state index contributed by atoms with van der Waals surface area (Å²) in [5.74, 6) is 1.12. The molecule has 0 aliphatic heterocycles. The standard InChI is InChI=1S/C34H30N4O4/c1-22-31(23(2)37-21-36-22)29-14-6-13-27-28(15-8-18-41-30-16-5-11-25-10-3-4-12-26(25)30)33(42-34(39)40)38(32(27)29)20-24-9-7-17-35-19-24/h3-7,9-14,16-17,19,21H,8,15,18,20H2,1-2H3,(H,39,40). The van der Waals surface area contributed by atoms with Gasteiger partial charge in [-0.25, -0.2) is 14.8 Å². The van der Waals surface area contributed by atoms with Crippen LogP contribution in [0.15, 0.2) is 91.5 Å². The van der Waals surface area contributed by atoms with E-state index in [0.717, 1.165) is 61.1 Å². The molecule has 0 fully saturated rings. The molecule has 8 nitrogen and oxygen atoms in total. The first-order valence-electron chi connectivity index (χ1n) is 13.8. The van der Waals surface area contributed by atoms with Crippen LogP contribution in [-0.4, -0.2) is 37.4 Å². The average molecular weight is 559 g/mol. The number of carboxylic acid groups (broad SMARTS) is 1. The highest BCUT2D eigenvalue weighted by atomic mass is 16.7. The lowest BCUT2D eigenvalue weighted by molar-refractivity contribution is 0.140. The molecule has 0 radical (unpaired) electrons. The van der Waals surface area contributed by atoms with Crippen LogP contribution >= 0.6 is 0 Å². The molecule has 6 aromatic rings. The van der Waals surface area contributed by atoms with E-state index in [9.17, 15) is 9.90 Å². The molecule has 0 aliphatic rings. The second kappa shape index (κ2) is 11.7. The van der Waals surface area contributed by atoms with Gasteiger partial charge in [0, 0.05) is 51.2 Å². The van der Waals surface area contributed by atoms with E-state index in [1.807, 2.05) is 79.1 Å². The fraction of sp³-hybridized carbons (Fsp3) is 0.176. The van der Waals surface area contributed by atoms with E-state index in [2.05, 4.69) is 27.1 Å². The van der Waals surface area contributed by atoms with Gasteiger partial charge in [0.05, 0.1) is 18.7 Å². The monoisotopic (exact) mass is 558 g/mol. The number of rotatable bonds is 9. The minimum absolute atomic E-state index is 0.297. The molecule has 0 spiro atoms. The summed E-state index contributed by atoms with van der Waals surface area (Å²) in [4.78, 5) is 25.2. The Labute approximate surface area is 243 Å². The van der Waals surface area contributed by atoms with Crippen LogP contribution in [0.2, 0.25) is 0 Å². The molecule has 42 heavy (non-hydrogen) atoms. The van der Waals surface area contributed by atoms with Gasteiger partial charge in [0.25, 0.3) is 0 Å². The van der Waals surface area contributed by atoms with Crippen LogP contribution in [0.1, 0.15) is 28.9 Å². The summed E-state index contributed by atoms with van der Waals surface area (Å²) in [7, 11) is 0. The maximum absolute atomic E-state index is 12.0. The number of ether oxygens (including phenoxy) is 2. The molecule has 0 saturated heterocycles. The van der Waals surface area contributed by atoms with Crippen molar-refractivity contribution in [3.63, 3.8) is 0 Å². The van der Waals surface area contributed by atoms with E-state index in [1.54, 1.807) is 18.7 Å². The van der Waals surface area contributed by atoms with Gasteiger partial charge in [-0.1, -0.05) is 60.7 Å². The molecule has 0 atom stereocenters. The molecule has 0 aliphatic carbocycles. The Kier molecular flexibility index (Phi) is 7.51. The number of pyridine rings is 1. The average Bonchev–Trinajstić information content (AvgIpc) is 3.27. The van der Waals surface area contributed by atoms with Crippen LogP contribution in [0, 0.1) is 13.8 Å². The first-order chi connectivity index (χ1) is 20.5. The molecule has 3 aromatic carbocycles. The molecule has 0 saturated carbocycles. The van der Waals surface area contributed by atoms with Crippen molar-refractivity contribution in [1.82, 2.24) is 19.5 Å². The van der Waals surface area contributed by atoms with Crippen molar-refractivity contribution < 1.29 is 19.4 Å². The fourth-order valence-electron chi connectivity index (χ4n) is 5.66. The second-order valence-corrected chi connectivity index (χ2v) is 10.1. The van der Waals surface area contributed by atoms with Crippen molar-refractivity contribution in [1.29, 1.82) is 0 Å². The largest absolute Gasteiger partial charge is 0.512 e. The van der Waals surface area contributed by atoms with E-state index in [4.69, 9.17) is 9.47 Å². The number of nitrogens with zero attached hydrogens (tertiary/aromatic N) is 4. The van der Waals surface area contributed by atoms with Crippen LogP contribution in [0.4, 0.5) is 4.79 Å². The van der Waals surface area contributed by atoms with Crippen LogP contribution in [0.25, 0.3) is 32.8 Å². The highest BCUT2D eigenvalue weighted by molar-refractivity contribution is 5.99. The highest BCUT2D eigenvalue weighted by Gasteiger charge is 2.25. The molecule has 0 amide bonds. The number of para-hydroxylation sites is 1. The lowest BCUT2D eigenvalue weighted by Crippen LogP contribution is -2.11. The van der Waals surface area contributed by atoms with E-state index in [0.29, 0.717) is 31.9 Å². The molecule has 3 heterocycles. The Morgan fingerprint density at radius 1 is 0.905 bits per heavy atom. The lowest BCUT2D eigenvalue weighted by Gasteiger charge is -2.14. The maximum atomic E-state index is 12.0. The zero-order valence-corrected chi connectivity index (χ0v) is 23.4. The number of hydrogen-bond donors (Lipinski definition) is 1. The third-order valence-corrected chi connectivity index (χ3v) is 7.46. The number of benzene rings is 3. The molecule has 1 N–H and O–H groups in total. The summed E-state index contributed by atoms with van der Waals surface area (Å²) in [6, 6.07) is 24.0. The normalized spacial score (nSPS) is 11.2. The van der Waals surface area contributed by atoms with Gasteiger partial charge in [0.15, 0.2) is 0 Å². The van der Waals surface area contributed by atoms with Crippen LogP contribution in [0.5, 0.6) is 11.6 Å². The van der Waals surface area contributed by atoms with Gasteiger partial charge in [-0.05, 0) is 49.8 Å². The predicted molar refractivity (Wildman–Crippen MR) is 162 cm³/mol.